The summed E-state index contributed by atoms with van der Waals surface area (Å²) in [5.41, 5.74) is 5.97. The molecule has 6 heteroatoms. The van der Waals surface area contributed by atoms with Gasteiger partial charge < -0.3 is 11.1 Å². The number of nitrogens with zero attached hydrogens (tertiary/aromatic N) is 1. The van der Waals surface area contributed by atoms with Crippen molar-refractivity contribution in [2.45, 2.75) is 31.8 Å². The van der Waals surface area contributed by atoms with Crippen LogP contribution in [0.2, 0.25) is 0 Å². The van der Waals surface area contributed by atoms with Gasteiger partial charge in [0.15, 0.2) is 0 Å². The Kier molecular flexibility index (Phi) is 5.25. The maximum atomic E-state index is 13.6. The van der Waals surface area contributed by atoms with E-state index in [4.69, 9.17) is 5.73 Å². The van der Waals surface area contributed by atoms with Crippen molar-refractivity contribution in [3.63, 3.8) is 0 Å². The lowest BCUT2D eigenvalue weighted by Crippen LogP contribution is -2.45. The van der Waals surface area contributed by atoms with Crippen molar-refractivity contribution in [1.82, 2.24) is 10.2 Å². The maximum Gasteiger partial charge on any atom is 0.234 e. The van der Waals surface area contributed by atoms with Gasteiger partial charge in [-0.3, -0.25) is 9.69 Å². The van der Waals surface area contributed by atoms with Gasteiger partial charge >= 0.3 is 0 Å². The van der Waals surface area contributed by atoms with E-state index in [-0.39, 0.29) is 24.1 Å². The largest absolute Gasteiger partial charge is 0.348 e. The average molecular weight is 297 g/mol. The van der Waals surface area contributed by atoms with Crippen LogP contribution in [0.4, 0.5) is 8.78 Å². The second-order valence-electron chi connectivity index (χ2n) is 5.57. The number of nitrogens with two attached hydrogens (primary N) is 1. The molecule has 2 rings (SSSR count). The van der Waals surface area contributed by atoms with Gasteiger partial charge in [0.05, 0.1) is 12.6 Å². The van der Waals surface area contributed by atoms with Crippen LogP contribution in [-0.4, -0.2) is 36.5 Å². The van der Waals surface area contributed by atoms with E-state index in [9.17, 15) is 13.6 Å². The van der Waals surface area contributed by atoms with Crippen molar-refractivity contribution in [2.75, 3.05) is 19.6 Å². The average Bonchev–Trinajstić information content (AvgIpc) is 2.44. The summed E-state index contributed by atoms with van der Waals surface area (Å²) in [4.78, 5) is 14.0. The molecule has 0 aromatic heterocycles. The fourth-order valence-electron chi connectivity index (χ4n) is 2.53. The Balaban J connectivity index is 1.88. The summed E-state index contributed by atoms with van der Waals surface area (Å²) in [7, 11) is 0. The van der Waals surface area contributed by atoms with Crippen LogP contribution >= 0.6 is 0 Å². The summed E-state index contributed by atoms with van der Waals surface area (Å²) >= 11 is 0. The van der Waals surface area contributed by atoms with Crippen molar-refractivity contribution in [3.05, 3.63) is 35.4 Å². The molecule has 3 N–H and O–H groups in total. The summed E-state index contributed by atoms with van der Waals surface area (Å²) in [6, 6.07) is 2.88. The molecular weight excluding hydrogens is 276 g/mol. The summed E-state index contributed by atoms with van der Waals surface area (Å²) in [6.45, 7) is 3.48. The molecule has 1 aliphatic heterocycles. The highest BCUT2D eigenvalue weighted by Gasteiger charge is 2.20. The van der Waals surface area contributed by atoms with Gasteiger partial charge in [0.1, 0.15) is 11.6 Å². The number of piperidine rings is 1. The monoisotopic (exact) mass is 297 g/mol. The lowest BCUT2D eigenvalue weighted by molar-refractivity contribution is -0.123. The maximum absolute atomic E-state index is 13.6. The molecule has 0 radical (unpaired) electrons. The fraction of sp³-hybridized carbons (Fsp3) is 0.533. The number of nitrogens with one attached hydrogen (secondary N) is 1. The molecule has 4 nitrogen and oxygen atoms in total. The molecule has 1 unspecified atom stereocenters. The molecule has 1 aromatic rings. The molecule has 0 spiro atoms. The third-order valence-electron chi connectivity index (χ3n) is 3.80. The Bertz CT molecular complexity index is 502. The molecule has 1 aromatic carbocycles. The summed E-state index contributed by atoms with van der Waals surface area (Å²) in [5.74, 6) is -1.23. The molecule has 1 aliphatic rings. The Morgan fingerprint density at radius 1 is 1.43 bits per heavy atom. The van der Waals surface area contributed by atoms with E-state index in [2.05, 4.69) is 5.32 Å². The molecule has 116 valence electrons. The van der Waals surface area contributed by atoms with Crippen LogP contribution < -0.4 is 11.1 Å². The van der Waals surface area contributed by atoms with Crippen molar-refractivity contribution in [2.24, 2.45) is 5.73 Å². The number of carbonyl (C=O) groups excluding carboxylic acids is 1. The topological polar surface area (TPSA) is 58.4 Å². The van der Waals surface area contributed by atoms with Crippen molar-refractivity contribution >= 4 is 5.91 Å². The molecule has 1 heterocycles. The minimum Gasteiger partial charge on any atom is -0.348 e. The van der Waals surface area contributed by atoms with Crippen LogP contribution in [0.1, 0.15) is 31.4 Å². The van der Waals surface area contributed by atoms with Gasteiger partial charge in [0, 0.05) is 24.7 Å². The van der Waals surface area contributed by atoms with Crippen LogP contribution in [0.15, 0.2) is 18.2 Å². The van der Waals surface area contributed by atoms with Crippen LogP contribution in [0, 0.1) is 11.6 Å². The number of rotatable bonds is 4. The van der Waals surface area contributed by atoms with E-state index in [1.54, 1.807) is 6.92 Å². The highest BCUT2D eigenvalue weighted by atomic mass is 19.1. The zero-order valence-electron chi connectivity index (χ0n) is 12.1. The van der Waals surface area contributed by atoms with Crippen molar-refractivity contribution < 1.29 is 13.6 Å². The second kappa shape index (κ2) is 6.95. The fourth-order valence-corrected chi connectivity index (χ4v) is 2.53. The van der Waals surface area contributed by atoms with E-state index < -0.39 is 17.7 Å². The van der Waals surface area contributed by atoms with Gasteiger partial charge in [-0.1, -0.05) is 0 Å². The molecule has 21 heavy (non-hydrogen) atoms. The predicted molar refractivity (Wildman–Crippen MR) is 76.6 cm³/mol. The van der Waals surface area contributed by atoms with Crippen LogP contribution in [0.3, 0.4) is 0 Å². The minimum absolute atomic E-state index is 0.156. The SMILES string of the molecule is CC(NC(=O)CN1CCC(N)CC1)c1cc(F)ccc1F. The highest BCUT2D eigenvalue weighted by molar-refractivity contribution is 5.78. The Labute approximate surface area is 123 Å². The van der Waals surface area contributed by atoms with E-state index in [0.717, 1.165) is 44.1 Å². The molecule has 1 atom stereocenters. The lowest BCUT2D eigenvalue weighted by Gasteiger charge is -2.29. The predicted octanol–water partition coefficient (Wildman–Crippen LogP) is 1.57. The van der Waals surface area contributed by atoms with Gasteiger partial charge in [-0.25, -0.2) is 8.78 Å². The molecule has 0 saturated carbocycles. The van der Waals surface area contributed by atoms with E-state index >= 15 is 0 Å². The van der Waals surface area contributed by atoms with Crippen molar-refractivity contribution in [3.8, 4) is 0 Å². The molecule has 0 bridgehead atoms. The van der Waals surface area contributed by atoms with Crippen LogP contribution in [-0.2, 0) is 4.79 Å². The van der Waals surface area contributed by atoms with Gasteiger partial charge in [-0.15, -0.1) is 0 Å². The first-order valence-corrected chi connectivity index (χ1v) is 7.18. The number of halogens is 2. The molecule has 1 fully saturated rings. The smallest absolute Gasteiger partial charge is 0.234 e. The van der Waals surface area contributed by atoms with Crippen molar-refractivity contribution in [1.29, 1.82) is 0 Å². The van der Waals surface area contributed by atoms with Crippen LogP contribution in [0.25, 0.3) is 0 Å². The van der Waals surface area contributed by atoms with Gasteiger partial charge in [0.25, 0.3) is 0 Å². The van der Waals surface area contributed by atoms with Crippen LogP contribution in [0.5, 0.6) is 0 Å². The first-order chi connectivity index (χ1) is 9.95. The van der Waals surface area contributed by atoms with E-state index in [1.165, 1.54) is 0 Å². The lowest BCUT2D eigenvalue weighted by atomic mass is 10.1. The van der Waals surface area contributed by atoms with E-state index in [0.29, 0.717) is 0 Å². The third-order valence-corrected chi connectivity index (χ3v) is 3.80. The van der Waals surface area contributed by atoms with E-state index in [1.807, 2.05) is 4.90 Å². The Hall–Kier alpha value is -1.53. The molecule has 0 aliphatic carbocycles. The zero-order valence-corrected chi connectivity index (χ0v) is 12.1. The first kappa shape index (κ1) is 15.9. The quantitative estimate of drug-likeness (QED) is 0.887. The molecule has 1 amide bonds. The minimum atomic E-state index is -0.569. The summed E-state index contributed by atoms with van der Waals surface area (Å²) in [6.07, 6.45) is 1.75. The van der Waals surface area contributed by atoms with Gasteiger partial charge in [-0.2, -0.15) is 0 Å². The summed E-state index contributed by atoms with van der Waals surface area (Å²) < 4.78 is 26.8. The normalized spacial score (nSPS) is 18.5. The Morgan fingerprint density at radius 3 is 2.76 bits per heavy atom. The number of amides is 1. The number of likely N-dealkylation sites (tertiary alicyclic amines) is 1. The first-order valence-electron chi connectivity index (χ1n) is 7.18. The number of benzene rings is 1. The molecule has 1 saturated heterocycles. The third kappa shape index (κ3) is 4.47. The zero-order chi connectivity index (χ0) is 15.4. The number of hydrogen-bond acceptors (Lipinski definition) is 3. The number of carbonyl (C=O) groups is 1. The summed E-state index contributed by atoms with van der Waals surface area (Å²) in [5, 5.41) is 2.70. The van der Waals surface area contributed by atoms with Gasteiger partial charge in [0.2, 0.25) is 5.91 Å². The van der Waals surface area contributed by atoms with Gasteiger partial charge in [-0.05, 0) is 38.0 Å². The highest BCUT2D eigenvalue weighted by Crippen LogP contribution is 2.18. The standard InChI is InChI=1S/C15H21F2N3O/c1-10(13-8-11(16)2-3-14(13)17)19-15(21)9-20-6-4-12(18)5-7-20/h2-3,8,10,12H,4-7,9,18H2,1H3,(H,19,21). The Morgan fingerprint density at radius 2 is 2.10 bits per heavy atom. The number of hydrogen-bond donors (Lipinski definition) is 2. The second-order valence-corrected chi connectivity index (χ2v) is 5.57. The molecular formula is C15H21F2N3O.